The average Bonchev–Trinajstić information content (AvgIpc) is 3.35. The first-order valence-corrected chi connectivity index (χ1v) is 11.3. The van der Waals surface area contributed by atoms with E-state index in [2.05, 4.69) is 40.5 Å². The summed E-state index contributed by atoms with van der Waals surface area (Å²) in [5, 5.41) is 12.7. The molecule has 3 aromatic rings. The van der Waals surface area contributed by atoms with E-state index in [4.69, 9.17) is 0 Å². The molecular formula is C22H21N5OS2. The van der Waals surface area contributed by atoms with Gasteiger partial charge < -0.3 is 10.2 Å². The number of nitrogens with zero attached hydrogens (tertiary/aromatic N) is 4. The van der Waals surface area contributed by atoms with Gasteiger partial charge in [0.05, 0.1) is 17.0 Å². The van der Waals surface area contributed by atoms with Gasteiger partial charge in [0.15, 0.2) is 11.2 Å². The molecule has 2 aromatic heterocycles. The van der Waals surface area contributed by atoms with Crippen molar-refractivity contribution in [2.24, 2.45) is 5.92 Å². The molecular weight excluding hydrogens is 414 g/mol. The molecule has 3 atom stereocenters. The lowest BCUT2D eigenvalue weighted by Gasteiger charge is -2.21. The Kier molecular flexibility index (Phi) is 6.02. The second kappa shape index (κ2) is 8.86. The number of thiazole rings is 1. The average molecular weight is 436 g/mol. The molecule has 8 heteroatoms. The Balaban J connectivity index is 1.52. The van der Waals surface area contributed by atoms with E-state index in [0.717, 1.165) is 20.2 Å². The highest BCUT2D eigenvalue weighted by Gasteiger charge is 2.37. The van der Waals surface area contributed by atoms with Crippen LogP contribution in [0.5, 0.6) is 0 Å². The predicted octanol–water partition coefficient (Wildman–Crippen LogP) is 4.28. The van der Waals surface area contributed by atoms with E-state index >= 15 is 0 Å². The molecule has 4 rings (SSSR count). The number of hydrogen-bond acceptors (Lipinski definition) is 7. The molecule has 1 aliphatic rings. The number of hydrogen-bond donors (Lipinski definition) is 1. The maximum atomic E-state index is 12.8. The zero-order valence-electron chi connectivity index (χ0n) is 16.6. The van der Waals surface area contributed by atoms with E-state index < -0.39 is 0 Å². The van der Waals surface area contributed by atoms with Crippen LogP contribution in [0.4, 0.5) is 0 Å². The van der Waals surface area contributed by atoms with Gasteiger partial charge in [-0.05, 0) is 31.0 Å². The summed E-state index contributed by atoms with van der Waals surface area (Å²) in [5.74, 6) is 0.0122. The summed E-state index contributed by atoms with van der Waals surface area (Å²) >= 11 is 3.00. The van der Waals surface area contributed by atoms with Gasteiger partial charge in [-0.2, -0.15) is 5.26 Å². The second-order valence-corrected chi connectivity index (χ2v) is 9.43. The number of rotatable bonds is 5. The Labute approximate surface area is 184 Å². The molecule has 1 saturated heterocycles. The molecule has 0 saturated carbocycles. The first kappa shape index (κ1) is 20.4. The fraction of sp³-hybridized carbons (Fsp3) is 0.273. The molecule has 1 aliphatic heterocycles. The molecule has 152 valence electrons. The highest BCUT2D eigenvalue weighted by atomic mass is 32.2. The van der Waals surface area contributed by atoms with Gasteiger partial charge in [-0.3, -0.25) is 9.78 Å². The minimum absolute atomic E-state index is 0.0255. The molecule has 1 amide bonds. The van der Waals surface area contributed by atoms with Crippen LogP contribution in [0.2, 0.25) is 0 Å². The Bertz CT molecular complexity index is 1080. The van der Waals surface area contributed by atoms with E-state index in [0.29, 0.717) is 11.6 Å². The fourth-order valence-electron chi connectivity index (χ4n) is 3.65. The third-order valence-corrected chi connectivity index (χ3v) is 7.34. The van der Waals surface area contributed by atoms with Gasteiger partial charge in [-0.15, -0.1) is 11.3 Å². The third-order valence-electron chi connectivity index (χ3n) is 5.26. The van der Waals surface area contributed by atoms with Crippen molar-refractivity contribution in [1.29, 1.82) is 5.26 Å². The molecule has 1 N–H and O–H groups in total. The molecule has 3 heterocycles. The Morgan fingerprint density at radius 1 is 1.27 bits per heavy atom. The summed E-state index contributed by atoms with van der Waals surface area (Å²) in [6, 6.07) is 12.0. The molecule has 0 radical (unpaired) electrons. The van der Waals surface area contributed by atoms with Crippen LogP contribution in [0, 0.1) is 17.4 Å². The van der Waals surface area contributed by atoms with E-state index in [1.807, 2.05) is 37.4 Å². The normalized spacial score (nSPS) is 20.7. The van der Waals surface area contributed by atoms with Crippen molar-refractivity contribution in [3.8, 4) is 16.6 Å². The maximum Gasteiger partial charge on any atom is 0.280 e. The Morgan fingerprint density at radius 3 is 2.80 bits per heavy atom. The van der Waals surface area contributed by atoms with Gasteiger partial charge in [0, 0.05) is 40.5 Å². The quantitative estimate of drug-likeness (QED) is 0.603. The Morgan fingerprint density at radius 2 is 2.07 bits per heavy atom. The molecule has 6 nitrogen and oxygen atoms in total. The number of nitrogens with one attached hydrogen (secondary N) is 1. The lowest BCUT2D eigenvalue weighted by molar-refractivity contribution is 0.0923. The van der Waals surface area contributed by atoms with Crippen LogP contribution in [0.25, 0.3) is 10.4 Å². The number of likely N-dealkylation sites (tertiary alicyclic amines) is 1. The van der Waals surface area contributed by atoms with E-state index in [1.54, 1.807) is 29.1 Å². The van der Waals surface area contributed by atoms with Gasteiger partial charge in [0.25, 0.3) is 5.91 Å². The number of pyridine rings is 1. The number of carbonyl (C=O) groups excluding carboxylic acids is 1. The highest BCUT2D eigenvalue weighted by Crippen LogP contribution is 2.37. The second-order valence-electron chi connectivity index (χ2n) is 7.29. The molecule has 1 aromatic carbocycles. The van der Waals surface area contributed by atoms with E-state index in [9.17, 15) is 10.1 Å². The summed E-state index contributed by atoms with van der Waals surface area (Å²) < 4.78 is 0. The van der Waals surface area contributed by atoms with Crippen molar-refractivity contribution >= 4 is 29.0 Å². The zero-order valence-corrected chi connectivity index (χ0v) is 18.3. The van der Waals surface area contributed by atoms with Crippen LogP contribution in [-0.4, -0.2) is 39.4 Å². The van der Waals surface area contributed by atoms with Gasteiger partial charge >= 0.3 is 0 Å². The first-order valence-electron chi connectivity index (χ1n) is 9.67. The number of benzene rings is 1. The zero-order chi connectivity index (χ0) is 21.1. The predicted molar refractivity (Wildman–Crippen MR) is 118 cm³/mol. The van der Waals surface area contributed by atoms with Crippen LogP contribution >= 0.6 is 23.1 Å². The van der Waals surface area contributed by atoms with Crippen molar-refractivity contribution in [2.75, 3.05) is 6.54 Å². The van der Waals surface area contributed by atoms with Crippen molar-refractivity contribution in [3.05, 3.63) is 60.0 Å². The van der Waals surface area contributed by atoms with Gasteiger partial charge in [-0.25, -0.2) is 4.98 Å². The van der Waals surface area contributed by atoms with Gasteiger partial charge in [-0.1, -0.05) is 36.9 Å². The largest absolute Gasteiger partial charge is 0.345 e. The molecule has 2 unspecified atom stereocenters. The summed E-state index contributed by atoms with van der Waals surface area (Å²) in [4.78, 5) is 26.2. The smallest absolute Gasteiger partial charge is 0.280 e. The molecule has 30 heavy (non-hydrogen) atoms. The van der Waals surface area contributed by atoms with Crippen LogP contribution in [0.1, 0.15) is 23.6 Å². The maximum absolute atomic E-state index is 12.8. The van der Waals surface area contributed by atoms with Crippen LogP contribution in [-0.2, 0) is 0 Å². The molecule has 0 bridgehead atoms. The Hall–Kier alpha value is -2.89. The van der Waals surface area contributed by atoms with E-state index in [1.165, 1.54) is 11.3 Å². The first-order chi connectivity index (χ1) is 14.6. The summed E-state index contributed by atoms with van der Waals surface area (Å²) in [6.07, 6.45) is 7.53. The molecule has 1 fully saturated rings. The van der Waals surface area contributed by atoms with Crippen molar-refractivity contribution in [1.82, 2.24) is 20.2 Å². The van der Waals surface area contributed by atoms with Crippen molar-refractivity contribution in [3.63, 3.8) is 0 Å². The van der Waals surface area contributed by atoms with Crippen LogP contribution in [0.15, 0.2) is 64.8 Å². The number of nitriles is 1. The molecule has 0 spiro atoms. The fourth-order valence-corrected chi connectivity index (χ4v) is 5.52. The number of carbonyl (C=O) groups is 1. The van der Waals surface area contributed by atoms with E-state index in [-0.39, 0.29) is 23.9 Å². The number of aromatic nitrogens is 2. The lowest BCUT2D eigenvalue weighted by Crippen LogP contribution is -2.44. The summed E-state index contributed by atoms with van der Waals surface area (Å²) in [6.45, 7) is 4.67. The SMILES string of the molecule is CC1CN(C#N)C(C)[C@@H]1NC(=O)c1ncc(-c2ccncc2Sc2ccccc2)s1. The van der Waals surface area contributed by atoms with Crippen LogP contribution < -0.4 is 5.32 Å². The molecule has 0 aliphatic carbocycles. The topological polar surface area (TPSA) is 81.9 Å². The van der Waals surface area contributed by atoms with Crippen molar-refractivity contribution < 1.29 is 4.79 Å². The number of amides is 1. The lowest BCUT2D eigenvalue weighted by atomic mass is 10.0. The highest BCUT2D eigenvalue weighted by molar-refractivity contribution is 7.99. The van der Waals surface area contributed by atoms with Crippen LogP contribution in [0.3, 0.4) is 0 Å². The minimum Gasteiger partial charge on any atom is -0.345 e. The third kappa shape index (κ3) is 4.18. The summed E-state index contributed by atoms with van der Waals surface area (Å²) in [7, 11) is 0. The monoisotopic (exact) mass is 435 g/mol. The van der Waals surface area contributed by atoms with Crippen molar-refractivity contribution in [2.45, 2.75) is 35.7 Å². The standard InChI is InChI=1S/C22H21N5OS2/c1-14-12-27(13-23)15(2)20(14)26-21(28)22-25-11-19(30-22)17-8-9-24-10-18(17)29-16-6-4-3-5-7-16/h3-11,14-15,20H,12H2,1-2H3,(H,26,28)/t14?,15?,20-/m1/s1. The summed E-state index contributed by atoms with van der Waals surface area (Å²) in [5.41, 5.74) is 1.01. The minimum atomic E-state index is -0.193. The van der Waals surface area contributed by atoms with Gasteiger partial charge in [0.2, 0.25) is 0 Å². The van der Waals surface area contributed by atoms with Gasteiger partial charge in [0.1, 0.15) is 0 Å².